The largest absolute Gasteiger partial charge is 0.508 e. The first-order valence-corrected chi connectivity index (χ1v) is 4.67. The van der Waals surface area contributed by atoms with Crippen molar-refractivity contribution >= 4 is 6.47 Å². The summed E-state index contributed by atoms with van der Waals surface area (Å²) in [6.45, 7) is 1.88. The lowest BCUT2D eigenvalue weighted by Crippen LogP contribution is -2.23. The van der Waals surface area contributed by atoms with Crippen molar-refractivity contribution in [2.75, 3.05) is 7.05 Å². The van der Waals surface area contributed by atoms with E-state index in [1.54, 1.807) is 12.1 Å². The molecule has 0 aromatic heterocycles. The van der Waals surface area contributed by atoms with Crippen molar-refractivity contribution in [2.45, 2.75) is 19.4 Å². The molecule has 0 saturated heterocycles. The number of rotatable bonds is 3. The van der Waals surface area contributed by atoms with Crippen LogP contribution in [0.25, 0.3) is 0 Å². The fourth-order valence-electron chi connectivity index (χ4n) is 1.09. The Morgan fingerprint density at radius 3 is 2.27 bits per heavy atom. The highest BCUT2D eigenvalue weighted by molar-refractivity contribution is 5.32. The summed E-state index contributed by atoms with van der Waals surface area (Å²) < 4.78 is 0. The summed E-state index contributed by atoms with van der Waals surface area (Å²) in [4.78, 5) is 8.36. The second-order valence-electron chi connectivity index (χ2n) is 3.17. The lowest BCUT2D eigenvalue weighted by Gasteiger charge is -2.09. The van der Waals surface area contributed by atoms with Gasteiger partial charge in [-0.15, -0.1) is 0 Å². The second kappa shape index (κ2) is 7.82. The van der Waals surface area contributed by atoms with Gasteiger partial charge in [0.05, 0.1) is 0 Å². The van der Waals surface area contributed by atoms with Crippen molar-refractivity contribution in [3.05, 3.63) is 29.8 Å². The van der Waals surface area contributed by atoms with Crippen molar-refractivity contribution in [3.63, 3.8) is 0 Å². The Bertz CT molecular complexity index is 272. The summed E-state index contributed by atoms with van der Waals surface area (Å²) in [5.74, 6) is 0.330. The highest BCUT2D eigenvalue weighted by Gasteiger charge is 1.99. The lowest BCUT2D eigenvalue weighted by atomic mass is 10.1. The van der Waals surface area contributed by atoms with E-state index in [2.05, 4.69) is 12.2 Å². The van der Waals surface area contributed by atoms with Gasteiger partial charge in [-0.2, -0.15) is 0 Å². The summed E-state index contributed by atoms with van der Waals surface area (Å²) in [7, 11) is 1.95. The smallest absolute Gasteiger partial charge is 0.290 e. The van der Waals surface area contributed by atoms with Gasteiger partial charge in [-0.25, -0.2) is 0 Å². The minimum Gasteiger partial charge on any atom is -0.508 e. The van der Waals surface area contributed by atoms with Crippen molar-refractivity contribution < 1.29 is 15.0 Å². The van der Waals surface area contributed by atoms with Crippen molar-refractivity contribution in [1.82, 2.24) is 5.32 Å². The molecule has 3 N–H and O–H groups in total. The zero-order valence-corrected chi connectivity index (χ0v) is 8.97. The van der Waals surface area contributed by atoms with Crippen LogP contribution in [-0.4, -0.2) is 29.8 Å². The first kappa shape index (κ1) is 13.4. The molecular formula is C11H17NO3. The molecule has 1 rings (SSSR count). The fraction of sp³-hybridized carbons (Fsp3) is 0.364. The Balaban J connectivity index is 0.000000583. The number of nitrogens with one attached hydrogen (secondary N) is 1. The number of hydrogen-bond acceptors (Lipinski definition) is 3. The first-order chi connectivity index (χ1) is 7.13. The molecule has 4 nitrogen and oxygen atoms in total. The van der Waals surface area contributed by atoms with Crippen LogP contribution in [0.4, 0.5) is 0 Å². The molecule has 84 valence electrons. The molecule has 0 heterocycles. The summed E-state index contributed by atoms with van der Waals surface area (Å²) >= 11 is 0. The SMILES string of the molecule is CNC(C)Cc1ccc(O)cc1.O=CO. The number of phenols is 1. The third-order valence-electron chi connectivity index (χ3n) is 1.97. The number of benzene rings is 1. The fourth-order valence-corrected chi connectivity index (χ4v) is 1.09. The van der Waals surface area contributed by atoms with E-state index >= 15 is 0 Å². The average molecular weight is 211 g/mol. The van der Waals surface area contributed by atoms with Crippen LogP contribution in [0.5, 0.6) is 5.75 Å². The Morgan fingerprint density at radius 1 is 1.40 bits per heavy atom. The first-order valence-electron chi connectivity index (χ1n) is 4.67. The standard InChI is InChI=1S/C10H15NO.CH2O2/c1-8(11-2)7-9-3-5-10(12)6-4-9;2-1-3/h3-6,8,11-12H,7H2,1-2H3;1H,(H,2,3). The monoisotopic (exact) mass is 211 g/mol. The molecule has 1 atom stereocenters. The number of carbonyl (C=O) groups is 1. The van der Waals surface area contributed by atoms with Crippen LogP contribution >= 0.6 is 0 Å². The maximum Gasteiger partial charge on any atom is 0.290 e. The highest BCUT2D eigenvalue weighted by Crippen LogP contribution is 2.10. The minimum absolute atomic E-state index is 0.250. The molecule has 0 spiro atoms. The maximum atomic E-state index is 9.03. The third-order valence-corrected chi connectivity index (χ3v) is 1.97. The van der Waals surface area contributed by atoms with Crippen LogP contribution < -0.4 is 5.32 Å². The molecule has 1 unspecified atom stereocenters. The van der Waals surface area contributed by atoms with Crippen molar-refractivity contribution in [2.24, 2.45) is 0 Å². The summed E-state index contributed by atoms with van der Waals surface area (Å²) in [5, 5.41) is 19.1. The zero-order valence-electron chi connectivity index (χ0n) is 8.97. The number of phenolic OH excluding ortho intramolecular Hbond substituents is 1. The second-order valence-corrected chi connectivity index (χ2v) is 3.17. The van der Waals surface area contributed by atoms with Gasteiger partial charge in [-0.3, -0.25) is 4.79 Å². The van der Waals surface area contributed by atoms with Gasteiger partial charge in [0, 0.05) is 6.04 Å². The van der Waals surface area contributed by atoms with Gasteiger partial charge in [0.2, 0.25) is 0 Å². The summed E-state index contributed by atoms with van der Waals surface area (Å²) in [5.41, 5.74) is 1.25. The van der Waals surface area contributed by atoms with E-state index in [9.17, 15) is 0 Å². The Kier molecular flexibility index (Phi) is 7.01. The van der Waals surface area contributed by atoms with E-state index in [0.29, 0.717) is 11.8 Å². The predicted octanol–water partition coefficient (Wildman–Crippen LogP) is 1.24. The third kappa shape index (κ3) is 6.51. The molecule has 0 aliphatic rings. The van der Waals surface area contributed by atoms with E-state index in [1.807, 2.05) is 19.2 Å². The van der Waals surface area contributed by atoms with Crippen LogP contribution in [0.15, 0.2) is 24.3 Å². The minimum atomic E-state index is -0.250. The maximum absolute atomic E-state index is 9.03. The number of aromatic hydroxyl groups is 1. The molecule has 1 aromatic rings. The Hall–Kier alpha value is -1.55. The van der Waals surface area contributed by atoms with Crippen molar-refractivity contribution in [3.8, 4) is 5.75 Å². The van der Waals surface area contributed by atoms with E-state index in [0.717, 1.165) is 6.42 Å². The van der Waals surface area contributed by atoms with E-state index in [-0.39, 0.29) is 6.47 Å². The molecule has 0 amide bonds. The van der Waals surface area contributed by atoms with Crippen LogP contribution in [0.2, 0.25) is 0 Å². The van der Waals surface area contributed by atoms with Gasteiger partial charge in [-0.1, -0.05) is 12.1 Å². The number of likely N-dealkylation sites (N-methyl/N-ethyl adjacent to an activating group) is 1. The normalized spacial score (nSPS) is 11.1. The molecule has 0 bridgehead atoms. The van der Waals surface area contributed by atoms with Crippen LogP contribution in [0.1, 0.15) is 12.5 Å². The molecule has 0 radical (unpaired) electrons. The summed E-state index contributed by atoms with van der Waals surface area (Å²) in [6, 6.07) is 7.82. The highest BCUT2D eigenvalue weighted by atomic mass is 16.3. The van der Waals surface area contributed by atoms with Crippen LogP contribution in [-0.2, 0) is 11.2 Å². The molecule has 4 heteroatoms. The van der Waals surface area contributed by atoms with Crippen molar-refractivity contribution in [1.29, 1.82) is 0 Å². The molecular weight excluding hydrogens is 194 g/mol. The molecule has 15 heavy (non-hydrogen) atoms. The molecule has 0 saturated carbocycles. The average Bonchev–Trinajstić information content (AvgIpc) is 2.22. The number of hydrogen-bond donors (Lipinski definition) is 3. The Labute approximate surface area is 89.6 Å². The van der Waals surface area contributed by atoms with E-state index < -0.39 is 0 Å². The van der Waals surface area contributed by atoms with Gasteiger partial charge in [-0.05, 0) is 38.1 Å². The molecule has 1 aromatic carbocycles. The van der Waals surface area contributed by atoms with Gasteiger partial charge >= 0.3 is 0 Å². The van der Waals surface area contributed by atoms with E-state index in [1.165, 1.54) is 5.56 Å². The quantitative estimate of drug-likeness (QED) is 0.658. The predicted molar refractivity (Wildman–Crippen MR) is 59.0 cm³/mol. The van der Waals surface area contributed by atoms with Crippen LogP contribution in [0.3, 0.4) is 0 Å². The topological polar surface area (TPSA) is 69.6 Å². The van der Waals surface area contributed by atoms with Gasteiger partial charge < -0.3 is 15.5 Å². The van der Waals surface area contributed by atoms with Gasteiger partial charge in [0.1, 0.15) is 5.75 Å². The van der Waals surface area contributed by atoms with Gasteiger partial charge in [0.25, 0.3) is 6.47 Å². The molecule has 0 aliphatic carbocycles. The van der Waals surface area contributed by atoms with E-state index in [4.69, 9.17) is 15.0 Å². The lowest BCUT2D eigenvalue weighted by molar-refractivity contribution is -0.122. The molecule has 0 aliphatic heterocycles. The Morgan fingerprint density at radius 2 is 1.87 bits per heavy atom. The number of carboxylic acid groups (broad SMARTS) is 1. The van der Waals surface area contributed by atoms with Crippen LogP contribution in [0, 0.1) is 0 Å². The summed E-state index contributed by atoms with van der Waals surface area (Å²) in [6.07, 6.45) is 0.997. The zero-order chi connectivity index (χ0) is 11.7. The molecule has 0 fully saturated rings. The van der Waals surface area contributed by atoms with Gasteiger partial charge in [0.15, 0.2) is 0 Å².